The molecule has 0 aliphatic rings. The molecule has 0 saturated heterocycles. The van der Waals surface area contributed by atoms with Crippen LogP contribution in [0.15, 0.2) is 69.8 Å². The van der Waals surface area contributed by atoms with Gasteiger partial charge in [-0.1, -0.05) is 12.1 Å². The van der Waals surface area contributed by atoms with Crippen LogP contribution in [0.25, 0.3) is 0 Å². The molecule has 2 aromatic rings. The van der Waals surface area contributed by atoms with E-state index in [9.17, 15) is 26.9 Å². The molecule has 0 amide bonds. The maximum atomic E-state index is 12.4. The van der Waals surface area contributed by atoms with Crippen LogP contribution in [0, 0.1) is 21.4 Å². The van der Waals surface area contributed by atoms with Crippen molar-refractivity contribution in [3.05, 3.63) is 70.1 Å². The first-order chi connectivity index (χ1) is 12.2. The molecule has 0 spiro atoms. The second-order valence-electron chi connectivity index (χ2n) is 4.83. The van der Waals surface area contributed by atoms with E-state index in [2.05, 4.69) is 4.72 Å². The number of sulfone groups is 1. The van der Waals surface area contributed by atoms with Crippen molar-refractivity contribution in [3.63, 3.8) is 0 Å². The summed E-state index contributed by atoms with van der Waals surface area (Å²) in [5.41, 5.74) is -0.563. The molecule has 0 radical (unpaired) electrons. The normalized spacial score (nSPS) is 11.8. The summed E-state index contributed by atoms with van der Waals surface area (Å²) in [5.74, 6) is 0. The first-order valence-corrected chi connectivity index (χ1v) is 9.88. The van der Waals surface area contributed by atoms with Crippen LogP contribution in [0.3, 0.4) is 0 Å². The fraction of sp³-hybridized carbons (Fsp3) is 0. The monoisotopic (exact) mass is 393 g/mol. The molecule has 1 N–H and O–H groups in total. The fourth-order valence-corrected chi connectivity index (χ4v) is 4.10. The lowest BCUT2D eigenvalue weighted by Crippen LogP contribution is -2.14. The van der Waals surface area contributed by atoms with Gasteiger partial charge in [0.1, 0.15) is 0 Å². The first-order valence-electron chi connectivity index (χ1n) is 6.85. The standard InChI is InChI=1S/C15H11N3O6S2/c16-10-3-11-25(21,22)13-8-6-12(7-9-13)17-26(23,24)15-5-2-1-4-14(15)18(19)20/h1-9,11,17H/b11-3+. The molecule has 0 aromatic heterocycles. The Bertz CT molecular complexity index is 1110. The number of nitrogens with zero attached hydrogens (tertiary/aromatic N) is 2. The van der Waals surface area contributed by atoms with Crippen molar-refractivity contribution in [1.82, 2.24) is 0 Å². The van der Waals surface area contributed by atoms with Crippen LogP contribution in [0.2, 0.25) is 0 Å². The minimum absolute atomic E-state index is 0.0198. The Balaban J connectivity index is 2.34. The van der Waals surface area contributed by atoms with Crippen molar-refractivity contribution in [3.8, 4) is 6.07 Å². The van der Waals surface area contributed by atoms with Crippen LogP contribution in [-0.2, 0) is 19.9 Å². The highest BCUT2D eigenvalue weighted by atomic mass is 32.2. The van der Waals surface area contributed by atoms with E-state index in [1.54, 1.807) is 6.07 Å². The number of nitro groups is 1. The summed E-state index contributed by atoms with van der Waals surface area (Å²) < 4.78 is 50.6. The van der Waals surface area contributed by atoms with E-state index in [4.69, 9.17) is 5.26 Å². The van der Waals surface area contributed by atoms with Gasteiger partial charge in [0, 0.05) is 23.2 Å². The van der Waals surface area contributed by atoms with E-state index in [1.165, 1.54) is 24.3 Å². The number of nitriles is 1. The molecule has 9 nitrogen and oxygen atoms in total. The topological polar surface area (TPSA) is 147 Å². The molecule has 134 valence electrons. The average molecular weight is 393 g/mol. The third-order valence-corrected chi connectivity index (χ3v) is 5.96. The second kappa shape index (κ2) is 7.34. The highest BCUT2D eigenvalue weighted by molar-refractivity contribution is 7.94. The number of hydrogen-bond acceptors (Lipinski definition) is 7. The minimum atomic E-state index is -4.25. The number of sulfonamides is 1. The predicted molar refractivity (Wildman–Crippen MR) is 92.3 cm³/mol. The van der Waals surface area contributed by atoms with Crippen LogP contribution in [-0.4, -0.2) is 21.8 Å². The van der Waals surface area contributed by atoms with Gasteiger partial charge < -0.3 is 0 Å². The summed E-state index contributed by atoms with van der Waals surface area (Å²) in [6.45, 7) is 0. The lowest BCUT2D eigenvalue weighted by atomic mass is 10.3. The Labute approximate surface area is 149 Å². The number of hydrogen-bond donors (Lipinski definition) is 1. The van der Waals surface area contributed by atoms with E-state index >= 15 is 0 Å². The maximum absolute atomic E-state index is 12.4. The Morgan fingerprint density at radius 2 is 1.65 bits per heavy atom. The molecule has 0 aliphatic heterocycles. The zero-order chi connectivity index (χ0) is 19.4. The van der Waals surface area contributed by atoms with Crippen molar-refractivity contribution in [2.75, 3.05) is 4.72 Å². The van der Waals surface area contributed by atoms with Gasteiger partial charge in [-0.05, 0) is 30.3 Å². The number of rotatable bonds is 6. The second-order valence-corrected chi connectivity index (χ2v) is 8.32. The van der Waals surface area contributed by atoms with Gasteiger partial charge in [-0.2, -0.15) is 5.26 Å². The average Bonchev–Trinajstić information content (AvgIpc) is 2.60. The van der Waals surface area contributed by atoms with Gasteiger partial charge >= 0.3 is 0 Å². The summed E-state index contributed by atoms with van der Waals surface area (Å²) in [7, 11) is -8.07. The highest BCUT2D eigenvalue weighted by Crippen LogP contribution is 2.25. The molecule has 11 heteroatoms. The van der Waals surface area contributed by atoms with Gasteiger partial charge in [0.15, 0.2) is 4.90 Å². The molecule has 26 heavy (non-hydrogen) atoms. The lowest BCUT2D eigenvalue weighted by Gasteiger charge is -2.09. The summed E-state index contributed by atoms with van der Waals surface area (Å²) >= 11 is 0. The molecule has 0 atom stereocenters. The maximum Gasteiger partial charge on any atom is 0.289 e. The Hall–Kier alpha value is -3.23. The van der Waals surface area contributed by atoms with Gasteiger partial charge in [0.25, 0.3) is 15.7 Å². The van der Waals surface area contributed by atoms with E-state index in [0.29, 0.717) is 0 Å². The smallest absolute Gasteiger partial charge is 0.279 e. The number of para-hydroxylation sites is 1. The Kier molecular flexibility index (Phi) is 5.39. The van der Waals surface area contributed by atoms with Crippen LogP contribution in [0.5, 0.6) is 0 Å². The zero-order valence-electron chi connectivity index (χ0n) is 12.9. The predicted octanol–water partition coefficient (Wildman–Crippen LogP) is 2.21. The van der Waals surface area contributed by atoms with Gasteiger partial charge in [-0.15, -0.1) is 0 Å². The van der Waals surface area contributed by atoms with E-state index in [-0.39, 0.29) is 10.6 Å². The van der Waals surface area contributed by atoms with Crippen molar-refractivity contribution in [2.45, 2.75) is 9.79 Å². The third-order valence-electron chi connectivity index (χ3n) is 3.11. The molecular weight excluding hydrogens is 382 g/mol. The third kappa shape index (κ3) is 4.24. The summed E-state index contributed by atoms with van der Waals surface area (Å²) in [6, 6.07) is 11.1. The Morgan fingerprint density at radius 1 is 1.04 bits per heavy atom. The van der Waals surface area contributed by atoms with Crippen molar-refractivity contribution < 1.29 is 21.8 Å². The molecule has 0 unspecified atom stereocenters. The van der Waals surface area contributed by atoms with E-state index in [1.807, 2.05) is 0 Å². The first kappa shape index (κ1) is 19.1. The molecule has 0 saturated carbocycles. The van der Waals surface area contributed by atoms with Crippen LogP contribution >= 0.6 is 0 Å². The van der Waals surface area contributed by atoms with Crippen LogP contribution < -0.4 is 4.72 Å². The largest absolute Gasteiger partial charge is 0.289 e. The molecule has 0 aliphatic carbocycles. The molecule has 2 rings (SSSR count). The summed E-state index contributed by atoms with van der Waals surface area (Å²) in [6.07, 6.45) is 0.806. The van der Waals surface area contributed by atoms with Gasteiger partial charge in [-0.3, -0.25) is 14.8 Å². The van der Waals surface area contributed by atoms with Gasteiger partial charge in [0.2, 0.25) is 9.84 Å². The van der Waals surface area contributed by atoms with Crippen molar-refractivity contribution in [2.24, 2.45) is 0 Å². The van der Waals surface area contributed by atoms with Crippen molar-refractivity contribution in [1.29, 1.82) is 5.26 Å². The fourth-order valence-electron chi connectivity index (χ4n) is 1.96. The summed E-state index contributed by atoms with van der Waals surface area (Å²) in [4.78, 5) is 9.51. The van der Waals surface area contributed by atoms with Gasteiger partial charge in [-0.25, -0.2) is 16.8 Å². The SMILES string of the molecule is N#C/C=C/S(=O)(=O)c1ccc(NS(=O)(=O)c2ccccc2[N+](=O)[O-])cc1. The van der Waals surface area contributed by atoms with Crippen LogP contribution in [0.1, 0.15) is 0 Å². The van der Waals surface area contributed by atoms with E-state index in [0.717, 1.165) is 35.7 Å². The number of anilines is 1. The van der Waals surface area contributed by atoms with Crippen molar-refractivity contribution >= 4 is 31.2 Å². The number of nitrogens with one attached hydrogen (secondary N) is 1. The Morgan fingerprint density at radius 3 is 2.23 bits per heavy atom. The number of nitro benzene ring substituents is 1. The number of benzene rings is 2. The minimum Gasteiger partial charge on any atom is -0.279 e. The van der Waals surface area contributed by atoms with Crippen LogP contribution in [0.4, 0.5) is 11.4 Å². The van der Waals surface area contributed by atoms with E-state index < -0.39 is 35.4 Å². The quantitative estimate of drug-likeness (QED) is 0.449. The zero-order valence-corrected chi connectivity index (χ0v) is 14.6. The lowest BCUT2D eigenvalue weighted by molar-refractivity contribution is -0.387. The number of allylic oxidation sites excluding steroid dienone is 1. The molecular formula is C15H11N3O6S2. The van der Waals surface area contributed by atoms with Gasteiger partial charge in [0.05, 0.1) is 15.9 Å². The molecule has 0 bridgehead atoms. The highest BCUT2D eigenvalue weighted by Gasteiger charge is 2.25. The molecule has 0 fully saturated rings. The molecule has 0 heterocycles. The molecule has 2 aromatic carbocycles. The summed E-state index contributed by atoms with van der Waals surface area (Å²) in [5, 5.41) is 20.1.